The number of nitrogens with one attached hydrogen (secondary N) is 1. The molecule has 246 valence electrons. The molecule has 46 heavy (non-hydrogen) atoms. The SMILES string of the molecule is O=C(O)C1=C(CCc2nccs2)NC(CC(=O)N2CCN(CCCCN3CCCC3=O)CC2)=C(C(=O)O)C1c1c(Cl)cccc1Cl. The first-order chi connectivity index (χ1) is 22.1. The number of hydrogen-bond donors (Lipinski definition) is 3. The summed E-state index contributed by atoms with van der Waals surface area (Å²) in [5, 5.41) is 26.8. The number of dihydropyridines is 1. The van der Waals surface area contributed by atoms with Gasteiger partial charge in [0.15, 0.2) is 0 Å². The van der Waals surface area contributed by atoms with Crippen LogP contribution in [0.1, 0.15) is 55.0 Å². The predicted octanol–water partition coefficient (Wildman–Crippen LogP) is 4.38. The fourth-order valence-corrected chi connectivity index (χ4v) is 7.63. The molecule has 3 aliphatic heterocycles. The second kappa shape index (κ2) is 15.4. The number of unbranched alkanes of at least 4 members (excludes halogenated alkanes) is 1. The molecule has 2 fully saturated rings. The van der Waals surface area contributed by atoms with Crippen molar-refractivity contribution in [2.24, 2.45) is 0 Å². The average Bonchev–Trinajstić information content (AvgIpc) is 3.69. The van der Waals surface area contributed by atoms with Gasteiger partial charge in [0, 0.05) is 90.7 Å². The van der Waals surface area contributed by atoms with Crippen LogP contribution in [0.25, 0.3) is 0 Å². The summed E-state index contributed by atoms with van der Waals surface area (Å²) in [7, 11) is 0. The van der Waals surface area contributed by atoms with Crippen LogP contribution >= 0.6 is 34.5 Å². The molecule has 0 saturated carbocycles. The minimum atomic E-state index is -1.37. The first-order valence-corrected chi connectivity index (χ1v) is 17.1. The summed E-state index contributed by atoms with van der Waals surface area (Å²) in [6.07, 6.45) is 5.54. The average molecular weight is 691 g/mol. The van der Waals surface area contributed by atoms with E-state index in [9.17, 15) is 29.4 Å². The number of aliphatic carboxylic acids is 2. The maximum atomic E-state index is 13.6. The molecule has 1 aromatic carbocycles. The Hall–Kier alpha value is -3.45. The largest absolute Gasteiger partial charge is 0.478 e. The number of allylic oxidation sites excluding steroid dienone is 1. The highest BCUT2D eigenvalue weighted by molar-refractivity contribution is 7.09. The molecule has 11 nitrogen and oxygen atoms in total. The Bertz CT molecular complexity index is 1520. The number of amides is 2. The van der Waals surface area contributed by atoms with Crippen LogP contribution in [0.15, 0.2) is 52.3 Å². The maximum absolute atomic E-state index is 13.6. The molecular weight excluding hydrogens is 653 g/mol. The number of benzene rings is 1. The molecule has 0 radical (unpaired) electrons. The van der Waals surface area contributed by atoms with Crippen LogP contribution in [0.3, 0.4) is 0 Å². The van der Waals surface area contributed by atoms with Crippen molar-refractivity contribution in [1.29, 1.82) is 0 Å². The van der Waals surface area contributed by atoms with Gasteiger partial charge in [0.2, 0.25) is 11.8 Å². The quantitative estimate of drug-likeness (QED) is 0.261. The minimum Gasteiger partial charge on any atom is -0.478 e. The van der Waals surface area contributed by atoms with Crippen LogP contribution in [0.4, 0.5) is 0 Å². The number of piperazine rings is 1. The molecule has 0 spiro atoms. The number of rotatable bonds is 13. The van der Waals surface area contributed by atoms with Gasteiger partial charge in [-0.2, -0.15) is 0 Å². The third kappa shape index (κ3) is 7.91. The van der Waals surface area contributed by atoms with Gasteiger partial charge in [0.05, 0.1) is 28.5 Å². The Labute approximate surface area is 281 Å². The number of thiazole rings is 1. The lowest BCUT2D eigenvalue weighted by atomic mass is 9.79. The van der Waals surface area contributed by atoms with Crippen molar-refractivity contribution in [2.45, 2.75) is 50.9 Å². The van der Waals surface area contributed by atoms with Crippen LogP contribution in [-0.4, -0.2) is 99.5 Å². The highest BCUT2D eigenvalue weighted by atomic mass is 35.5. The normalized spacial score (nSPS) is 19.2. The van der Waals surface area contributed by atoms with Gasteiger partial charge in [0.1, 0.15) is 0 Å². The molecule has 0 aliphatic carbocycles. The lowest BCUT2D eigenvalue weighted by molar-refractivity contribution is -0.133. The van der Waals surface area contributed by atoms with Crippen molar-refractivity contribution < 1.29 is 29.4 Å². The molecule has 1 unspecified atom stereocenters. The zero-order valence-electron chi connectivity index (χ0n) is 25.3. The van der Waals surface area contributed by atoms with E-state index < -0.39 is 17.9 Å². The van der Waals surface area contributed by atoms with Crippen LogP contribution in [-0.2, 0) is 25.6 Å². The number of carboxylic acids is 2. The van der Waals surface area contributed by atoms with E-state index in [2.05, 4.69) is 15.2 Å². The predicted molar refractivity (Wildman–Crippen MR) is 175 cm³/mol. The molecule has 3 N–H and O–H groups in total. The van der Waals surface area contributed by atoms with Gasteiger partial charge in [-0.25, -0.2) is 14.6 Å². The molecule has 2 amide bonds. The number of likely N-dealkylation sites (tertiary alicyclic amines) is 1. The van der Waals surface area contributed by atoms with Gasteiger partial charge in [0.25, 0.3) is 0 Å². The zero-order chi connectivity index (χ0) is 32.8. The molecule has 2 aromatic rings. The lowest BCUT2D eigenvalue weighted by Gasteiger charge is -2.36. The van der Waals surface area contributed by atoms with Gasteiger partial charge < -0.3 is 25.3 Å². The molecule has 1 atom stereocenters. The van der Waals surface area contributed by atoms with Crippen molar-refractivity contribution in [1.82, 2.24) is 25.0 Å². The van der Waals surface area contributed by atoms with Gasteiger partial charge in [-0.1, -0.05) is 29.3 Å². The summed E-state index contributed by atoms with van der Waals surface area (Å²) >= 11 is 14.5. The van der Waals surface area contributed by atoms with E-state index in [1.807, 2.05) is 10.3 Å². The molecule has 2 saturated heterocycles. The molecule has 5 rings (SSSR count). The summed E-state index contributed by atoms with van der Waals surface area (Å²) in [6, 6.07) is 4.68. The van der Waals surface area contributed by atoms with Gasteiger partial charge in [-0.05, 0) is 44.4 Å². The van der Waals surface area contributed by atoms with E-state index in [1.54, 1.807) is 17.2 Å². The number of aromatic nitrogens is 1. The fourth-order valence-electron chi connectivity index (χ4n) is 6.40. The lowest BCUT2D eigenvalue weighted by Crippen LogP contribution is -2.49. The monoisotopic (exact) mass is 689 g/mol. The van der Waals surface area contributed by atoms with Gasteiger partial charge in [-0.15, -0.1) is 11.3 Å². The highest BCUT2D eigenvalue weighted by Crippen LogP contribution is 2.45. The number of carbonyl (C=O) groups is 4. The zero-order valence-corrected chi connectivity index (χ0v) is 27.7. The molecule has 0 bridgehead atoms. The van der Waals surface area contributed by atoms with E-state index in [1.165, 1.54) is 23.5 Å². The number of carboxylic acid groups (broad SMARTS) is 2. The number of nitrogens with zero attached hydrogens (tertiary/aromatic N) is 4. The van der Waals surface area contributed by atoms with Crippen LogP contribution in [0.5, 0.6) is 0 Å². The number of aryl methyl sites for hydroxylation is 1. The van der Waals surface area contributed by atoms with Crippen molar-refractivity contribution in [2.75, 3.05) is 45.8 Å². The number of hydrogen-bond acceptors (Lipinski definition) is 8. The minimum absolute atomic E-state index is 0.122. The van der Waals surface area contributed by atoms with E-state index in [0.29, 0.717) is 39.0 Å². The van der Waals surface area contributed by atoms with E-state index in [4.69, 9.17) is 23.2 Å². The second-order valence-electron chi connectivity index (χ2n) is 11.6. The fraction of sp³-hybridized carbons (Fsp3) is 0.469. The van der Waals surface area contributed by atoms with Crippen molar-refractivity contribution in [3.05, 3.63) is 72.9 Å². The second-order valence-corrected chi connectivity index (χ2v) is 13.4. The van der Waals surface area contributed by atoms with Crippen molar-refractivity contribution in [3.63, 3.8) is 0 Å². The first kappa shape index (κ1) is 33.9. The molecule has 14 heteroatoms. The van der Waals surface area contributed by atoms with Crippen molar-refractivity contribution in [3.8, 4) is 0 Å². The van der Waals surface area contributed by atoms with E-state index >= 15 is 0 Å². The summed E-state index contributed by atoms with van der Waals surface area (Å²) in [5.41, 5.74) is 0.131. The summed E-state index contributed by atoms with van der Waals surface area (Å²) in [5.74, 6) is -4.00. The summed E-state index contributed by atoms with van der Waals surface area (Å²) < 4.78 is 0. The Balaban J connectivity index is 1.32. The Morgan fingerprint density at radius 1 is 0.935 bits per heavy atom. The third-order valence-electron chi connectivity index (χ3n) is 8.73. The topological polar surface area (TPSA) is 143 Å². The molecule has 1 aromatic heterocycles. The van der Waals surface area contributed by atoms with Gasteiger partial charge in [-0.3, -0.25) is 14.5 Å². The Morgan fingerprint density at radius 2 is 1.61 bits per heavy atom. The van der Waals surface area contributed by atoms with Crippen LogP contribution in [0, 0.1) is 0 Å². The third-order valence-corrected chi connectivity index (χ3v) is 10.2. The Kier molecular flexibility index (Phi) is 11.4. The standard InChI is InChI=1S/C32H37Cl2N5O6S/c33-20-5-3-6-21(34)27(20)30-28(31(42)43)22(8-9-24-35-10-18-46-24)36-23(29(30)32(44)45)19-26(41)39-16-14-37(15-17-39)11-1-2-12-38-13-4-7-25(38)40/h3,5-6,10,18,30,36H,1-2,4,7-9,11-17,19H2,(H,42,43)(H,44,45). The van der Waals surface area contributed by atoms with Gasteiger partial charge >= 0.3 is 11.9 Å². The molecule has 3 aliphatic rings. The first-order valence-electron chi connectivity index (χ1n) is 15.4. The molecular formula is C32H37Cl2N5O6S. The Morgan fingerprint density at radius 3 is 2.22 bits per heavy atom. The molecule has 4 heterocycles. The van der Waals surface area contributed by atoms with Crippen LogP contribution in [0.2, 0.25) is 10.0 Å². The van der Waals surface area contributed by atoms with Crippen LogP contribution < -0.4 is 5.32 Å². The maximum Gasteiger partial charge on any atom is 0.334 e. The van der Waals surface area contributed by atoms with Crippen molar-refractivity contribution >= 4 is 58.3 Å². The summed E-state index contributed by atoms with van der Waals surface area (Å²) in [6.45, 7) is 4.87. The summed E-state index contributed by atoms with van der Waals surface area (Å²) in [4.78, 5) is 61.3. The van der Waals surface area contributed by atoms with E-state index in [-0.39, 0.29) is 62.8 Å². The smallest absolute Gasteiger partial charge is 0.334 e. The number of halogens is 2. The van der Waals surface area contributed by atoms with E-state index in [0.717, 1.165) is 43.9 Å². The highest BCUT2D eigenvalue weighted by Gasteiger charge is 2.41. The number of carbonyl (C=O) groups excluding carboxylic acids is 2.